The maximum atomic E-state index is 13.5. The first-order valence-electron chi connectivity index (χ1n) is 12.8. The van der Waals surface area contributed by atoms with Crippen molar-refractivity contribution in [1.82, 2.24) is 10.2 Å². The fourth-order valence-electron chi connectivity index (χ4n) is 5.16. The standard InChI is InChI=1S/C28H34N4O5/c1-4-36-23-8-6-18-12-19(23)15-32-25(33)13-20(30-27(32)29)9-10-35-16-17-5-7-24-21(11-17)22(31-26(18)34)14-28(2,3)37-24/h5-8,11-12,20,22H,4,9-10,13-16H2,1-3H3,(H2,29,30)(H,31,34). The molecular weight excluding hydrogens is 472 g/mol. The molecule has 2 amide bonds. The Kier molecular flexibility index (Phi) is 6.81. The number of nitrogens with two attached hydrogens (primary N) is 1. The Morgan fingerprint density at radius 1 is 1.22 bits per heavy atom. The molecule has 4 heterocycles. The van der Waals surface area contributed by atoms with Crippen LogP contribution in [0, 0.1) is 0 Å². The molecule has 6 rings (SSSR count). The zero-order chi connectivity index (χ0) is 26.2. The maximum absolute atomic E-state index is 13.5. The van der Waals surface area contributed by atoms with Crippen LogP contribution >= 0.6 is 0 Å². The molecule has 4 aliphatic rings. The Labute approximate surface area is 217 Å². The zero-order valence-electron chi connectivity index (χ0n) is 21.6. The van der Waals surface area contributed by atoms with Gasteiger partial charge in [0.15, 0.2) is 5.96 Å². The van der Waals surface area contributed by atoms with Crippen molar-refractivity contribution in [3.8, 4) is 11.5 Å². The molecule has 6 bridgehead atoms. The highest BCUT2D eigenvalue weighted by atomic mass is 16.5. The second-order valence-corrected chi connectivity index (χ2v) is 10.4. The van der Waals surface area contributed by atoms with Gasteiger partial charge in [0.1, 0.15) is 17.1 Å². The average molecular weight is 507 g/mol. The molecule has 196 valence electrons. The molecule has 0 spiro atoms. The molecule has 37 heavy (non-hydrogen) atoms. The number of nitrogens with zero attached hydrogens (tertiary/aromatic N) is 2. The van der Waals surface area contributed by atoms with Crippen molar-refractivity contribution in [3.05, 3.63) is 58.7 Å². The highest BCUT2D eigenvalue weighted by molar-refractivity contribution is 5.99. The molecule has 0 saturated carbocycles. The predicted octanol–water partition coefficient (Wildman–Crippen LogP) is 3.45. The van der Waals surface area contributed by atoms with Gasteiger partial charge in [-0.2, -0.15) is 0 Å². The molecule has 9 nitrogen and oxygen atoms in total. The third kappa shape index (κ3) is 5.41. The molecule has 2 aromatic rings. The molecule has 2 aromatic carbocycles. The molecule has 2 atom stereocenters. The summed E-state index contributed by atoms with van der Waals surface area (Å²) in [6.45, 7) is 7.41. The lowest BCUT2D eigenvalue weighted by Gasteiger charge is -2.38. The third-order valence-corrected chi connectivity index (χ3v) is 6.95. The molecule has 2 unspecified atom stereocenters. The van der Waals surface area contributed by atoms with Gasteiger partial charge in [-0.1, -0.05) is 6.07 Å². The predicted molar refractivity (Wildman–Crippen MR) is 138 cm³/mol. The molecule has 0 radical (unpaired) electrons. The van der Waals surface area contributed by atoms with Gasteiger partial charge in [-0.25, -0.2) is 4.99 Å². The van der Waals surface area contributed by atoms with E-state index in [0.29, 0.717) is 49.5 Å². The lowest BCUT2D eigenvalue weighted by atomic mass is 9.88. The zero-order valence-corrected chi connectivity index (χ0v) is 21.6. The summed E-state index contributed by atoms with van der Waals surface area (Å²) in [4.78, 5) is 32.5. The maximum Gasteiger partial charge on any atom is 0.251 e. The molecule has 0 aliphatic carbocycles. The molecule has 0 fully saturated rings. The van der Waals surface area contributed by atoms with E-state index in [1.807, 2.05) is 39.0 Å². The van der Waals surface area contributed by atoms with Crippen molar-refractivity contribution in [2.24, 2.45) is 10.7 Å². The van der Waals surface area contributed by atoms with Crippen molar-refractivity contribution >= 4 is 17.8 Å². The average Bonchev–Trinajstić information content (AvgIpc) is 2.84. The number of carbonyl (C=O) groups excluding carboxylic acids is 2. The number of aliphatic imine (C=N–C) groups is 1. The van der Waals surface area contributed by atoms with Crippen LogP contribution in [-0.4, -0.2) is 47.5 Å². The number of amides is 2. The number of benzene rings is 2. The van der Waals surface area contributed by atoms with Gasteiger partial charge in [0, 0.05) is 36.1 Å². The summed E-state index contributed by atoms with van der Waals surface area (Å²) in [6, 6.07) is 10.8. The summed E-state index contributed by atoms with van der Waals surface area (Å²) < 4.78 is 17.9. The van der Waals surface area contributed by atoms with Gasteiger partial charge in [-0.3, -0.25) is 14.5 Å². The summed E-state index contributed by atoms with van der Waals surface area (Å²) in [6.07, 6.45) is 1.47. The number of ether oxygens (including phenoxy) is 3. The van der Waals surface area contributed by atoms with E-state index >= 15 is 0 Å². The van der Waals surface area contributed by atoms with Crippen LogP contribution in [0.2, 0.25) is 0 Å². The van der Waals surface area contributed by atoms with Gasteiger partial charge in [-0.05, 0) is 63.1 Å². The highest BCUT2D eigenvalue weighted by Crippen LogP contribution is 2.40. The molecule has 3 N–H and O–H groups in total. The third-order valence-electron chi connectivity index (χ3n) is 6.95. The number of rotatable bonds is 2. The summed E-state index contributed by atoms with van der Waals surface area (Å²) in [5, 5.41) is 3.21. The van der Waals surface area contributed by atoms with E-state index in [2.05, 4.69) is 10.3 Å². The minimum absolute atomic E-state index is 0.111. The first-order valence-corrected chi connectivity index (χ1v) is 12.8. The van der Waals surface area contributed by atoms with Gasteiger partial charge in [0.2, 0.25) is 5.91 Å². The van der Waals surface area contributed by atoms with Crippen LogP contribution in [0.3, 0.4) is 0 Å². The Morgan fingerprint density at radius 3 is 2.84 bits per heavy atom. The minimum atomic E-state index is -0.437. The second kappa shape index (κ2) is 10.0. The van der Waals surface area contributed by atoms with Crippen LogP contribution in [0.1, 0.15) is 73.1 Å². The summed E-state index contributed by atoms with van der Waals surface area (Å²) in [5.41, 5.74) is 8.88. The number of nitrogens with one attached hydrogen (secondary N) is 1. The number of hydrogen-bond donors (Lipinski definition) is 2. The van der Waals surface area contributed by atoms with Crippen LogP contribution in [-0.2, 0) is 22.7 Å². The lowest BCUT2D eigenvalue weighted by Crippen LogP contribution is -2.47. The van der Waals surface area contributed by atoms with Crippen molar-refractivity contribution in [1.29, 1.82) is 0 Å². The van der Waals surface area contributed by atoms with Crippen LogP contribution in [0.25, 0.3) is 0 Å². The Morgan fingerprint density at radius 2 is 2.05 bits per heavy atom. The highest BCUT2D eigenvalue weighted by Gasteiger charge is 2.35. The topological polar surface area (TPSA) is 115 Å². The van der Waals surface area contributed by atoms with Crippen molar-refractivity contribution in [2.75, 3.05) is 13.2 Å². The largest absolute Gasteiger partial charge is 0.494 e. The van der Waals surface area contributed by atoms with Gasteiger partial charge in [0.05, 0.1) is 31.8 Å². The van der Waals surface area contributed by atoms with E-state index in [1.54, 1.807) is 18.2 Å². The quantitative estimate of drug-likeness (QED) is 0.645. The number of hydrogen-bond acceptors (Lipinski definition) is 7. The molecule has 9 heteroatoms. The minimum Gasteiger partial charge on any atom is -0.494 e. The van der Waals surface area contributed by atoms with Gasteiger partial charge in [0.25, 0.3) is 5.91 Å². The summed E-state index contributed by atoms with van der Waals surface area (Å²) in [5.74, 6) is 1.21. The molecular formula is C28H34N4O5. The first kappa shape index (κ1) is 25.1. The SMILES string of the molecule is CCOc1ccc2cc1CN1C(=O)CC(CCOCc3ccc4c(c3)C(CC(C)(C)O4)NC2=O)N=C1N. The Bertz CT molecular complexity index is 1240. The fraction of sp³-hybridized carbons (Fsp3) is 0.464. The van der Waals surface area contributed by atoms with E-state index in [4.69, 9.17) is 19.9 Å². The summed E-state index contributed by atoms with van der Waals surface area (Å²) in [7, 11) is 0. The second-order valence-electron chi connectivity index (χ2n) is 10.4. The van der Waals surface area contributed by atoms with Crippen molar-refractivity contribution in [2.45, 2.75) is 70.9 Å². The number of fused-ring (bicyclic) bond motifs is 5. The van der Waals surface area contributed by atoms with E-state index in [0.717, 1.165) is 16.9 Å². The van der Waals surface area contributed by atoms with Crippen LogP contribution in [0.5, 0.6) is 11.5 Å². The first-order chi connectivity index (χ1) is 17.7. The van der Waals surface area contributed by atoms with Crippen molar-refractivity contribution in [3.63, 3.8) is 0 Å². The van der Waals surface area contributed by atoms with E-state index in [1.165, 1.54) is 4.90 Å². The van der Waals surface area contributed by atoms with Gasteiger partial charge in [-0.15, -0.1) is 0 Å². The van der Waals surface area contributed by atoms with E-state index in [9.17, 15) is 9.59 Å². The summed E-state index contributed by atoms with van der Waals surface area (Å²) >= 11 is 0. The van der Waals surface area contributed by atoms with Crippen LogP contribution in [0.4, 0.5) is 0 Å². The van der Waals surface area contributed by atoms with Crippen LogP contribution in [0.15, 0.2) is 41.4 Å². The van der Waals surface area contributed by atoms with Gasteiger partial charge >= 0.3 is 0 Å². The van der Waals surface area contributed by atoms with Crippen molar-refractivity contribution < 1.29 is 23.8 Å². The van der Waals surface area contributed by atoms with Gasteiger partial charge < -0.3 is 25.3 Å². The Hall–Kier alpha value is -3.59. The molecule has 0 saturated heterocycles. The lowest BCUT2D eigenvalue weighted by molar-refractivity contribution is -0.129. The van der Waals surface area contributed by atoms with E-state index < -0.39 is 5.60 Å². The molecule has 4 aliphatic heterocycles. The molecule has 0 aromatic heterocycles. The fourth-order valence-corrected chi connectivity index (χ4v) is 5.16. The van der Waals surface area contributed by atoms with Crippen LogP contribution < -0.4 is 20.5 Å². The normalized spacial score (nSPS) is 23.3. The number of guanidine groups is 1. The van der Waals surface area contributed by atoms with E-state index in [-0.39, 0.29) is 42.8 Å². The number of carbonyl (C=O) groups is 2. The Balaban J connectivity index is 1.54. The monoisotopic (exact) mass is 506 g/mol. The smallest absolute Gasteiger partial charge is 0.251 e.